The minimum Gasteiger partial charge on any atom is -0.462 e. The summed E-state index contributed by atoms with van der Waals surface area (Å²) in [7, 11) is 0. The molecule has 0 saturated carbocycles. The van der Waals surface area contributed by atoms with Gasteiger partial charge in [0.15, 0.2) is 6.10 Å². The van der Waals surface area contributed by atoms with Gasteiger partial charge in [0.1, 0.15) is 13.2 Å². The van der Waals surface area contributed by atoms with Crippen molar-refractivity contribution in [3.05, 3.63) is 36.5 Å². The molecule has 0 heterocycles. The SMILES string of the molecule is CCCC/C=C\CCCCCCCC(=O)OCC(COC(=O)CCCCCCCCCCCCCCCCCCCCCCCCCCCC)OC(=O)CCCCCCCCCCCCCCC/C=C\C/C=C\CCCCCCC. The highest BCUT2D eigenvalue weighted by Gasteiger charge is 2.19. The van der Waals surface area contributed by atoms with Gasteiger partial charge in [-0.1, -0.05) is 346 Å². The van der Waals surface area contributed by atoms with Gasteiger partial charge in [-0.25, -0.2) is 0 Å². The van der Waals surface area contributed by atoms with Crippen LogP contribution in [0.15, 0.2) is 36.5 Å². The lowest BCUT2D eigenvalue weighted by Gasteiger charge is -2.18. The summed E-state index contributed by atoms with van der Waals surface area (Å²) in [5.41, 5.74) is 0. The molecule has 0 saturated heterocycles. The van der Waals surface area contributed by atoms with Crippen molar-refractivity contribution in [2.75, 3.05) is 13.2 Å². The lowest BCUT2D eigenvalue weighted by molar-refractivity contribution is -0.167. The fourth-order valence-electron chi connectivity index (χ4n) is 10.9. The van der Waals surface area contributed by atoms with Gasteiger partial charge in [-0.05, 0) is 70.6 Å². The van der Waals surface area contributed by atoms with Crippen LogP contribution in [0.5, 0.6) is 0 Å². The van der Waals surface area contributed by atoms with E-state index in [0.717, 1.165) is 70.6 Å². The predicted molar refractivity (Wildman–Crippen MR) is 349 cm³/mol. The zero-order chi connectivity index (χ0) is 57.8. The molecular weight excluding hydrogens is 985 g/mol. The van der Waals surface area contributed by atoms with Crippen LogP contribution in [-0.4, -0.2) is 37.2 Å². The monoisotopic (exact) mass is 1120 g/mol. The second-order valence-corrected chi connectivity index (χ2v) is 24.5. The molecule has 0 amide bonds. The van der Waals surface area contributed by atoms with E-state index in [1.165, 1.54) is 289 Å². The molecular formula is C74H138O6. The molecule has 1 atom stereocenters. The lowest BCUT2D eigenvalue weighted by atomic mass is 10.0. The Hall–Kier alpha value is -2.37. The summed E-state index contributed by atoms with van der Waals surface area (Å²) < 4.78 is 17.0. The van der Waals surface area contributed by atoms with E-state index in [0.29, 0.717) is 19.3 Å². The third-order valence-corrected chi connectivity index (χ3v) is 16.4. The fourth-order valence-corrected chi connectivity index (χ4v) is 10.9. The Morgan fingerprint density at radius 1 is 0.250 bits per heavy atom. The molecule has 6 heteroatoms. The Morgan fingerprint density at radius 2 is 0.463 bits per heavy atom. The minimum atomic E-state index is -0.774. The van der Waals surface area contributed by atoms with Crippen LogP contribution in [-0.2, 0) is 28.6 Å². The summed E-state index contributed by atoms with van der Waals surface area (Å²) in [6, 6.07) is 0. The van der Waals surface area contributed by atoms with Gasteiger partial charge in [0.2, 0.25) is 0 Å². The second kappa shape index (κ2) is 69.1. The minimum absolute atomic E-state index is 0.0700. The van der Waals surface area contributed by atoms with Crippen molar-refractivity contribution >= 4 is 17.9 Å². The van der Waals surface area contributed by atoms with E-state index in [1.54, 1.807) is 0 Å². The van der Waals surface area contributed by atoms with Gasteiger partial charge in [0.05, 0.1) is 0 Å². The van der Waals surface area contributed by atoms with Crippen molar-refractivity contribution in [3.8, 4) is 0 Å². The van der Waals surface area contributed by atoms with Gasteiger partial charge in [-0.15, -0.1) is 0 Å². The number of unbranched alkanes of at least 4 members (excludes halogenated alkanes) is 50. The normalized spacial score (nSPS) is 12.2. The van der Waals surface area contributed by atoms with Crippen LogP contribution in [0.2, 0.25) is 0 Å². The van der Waals surface area contributed by atoms with Crippen molar-refractivity contribution in [1.29, 1.82) is 0 Å². The van der Waals surface area contributed by atoms with Crippen LogP contribution in [0.3, 0.4) is 0 Å². The molecule has 0 aliphatic carbocycles. The number of carbonyl (C=O) groups is 3. The lowest BCUT2D eigenvalue weighted by Crippen LogP contribution is -2.30. The van der Waals surface area contributed by atoms with Crippen LogP contribution in [0.4, 0.5) is 0 Å². The number of hydrogen-bond donors (Lipinski definition) is 0. The summed E-state index contributed by atoms with van der Waals surface area (Å²) >= 11 is 0. The molecule has 0 aromatic rings. The summed E-state index contributed by atoms with van der Waals surface area (Å²) in [6.45, 7) is 6.66. The zero-order valence-electron chi connectivity index (χ0n) is 54.1. The molecule has 0 radical (unpaired) electrons. The Labute approximate surface area is 499 Å². The third-order valence-electron chi connectivity index (χ3n) is 16.4. The van der Waals surface area contributed by atoms with E-state index in [9.17, 15) is 14.4 Å². The van der Waals surface area contributed by atoms with Crippen LogP contribution in [0, 0.1) is 0 Å². The number of rotatable bonds is 67. The van der Waals surface area contributed by atoms with Gasteiger partial charge in [0.25, 0.3) is 0 Å². The molecule has 0 bridgehead atoms. The number of carbonyl (C=O) groups excluding carboxylic acids is 3. The Balaban J connectivity index is 4.16. The van der Waals surface area contributed by atoms with E-state index in [1.807, 2.05) is 0 Å². The molecule has 6 nitrogen and oxygen atoms in total. The van der Waals surface area contributed by atoms with Crippen molar-refractivity contribution in [1.82, 2.24) is 0 Å². The summed E-state index contributed by atoms with van der Waals surface area (Å²) in [4.78, 5) is 38.4. The Morgan fingerprint density at radius 3 is 0.738 bits per heavy atom. The highest BCUT2D eigenvalue weighted by molar-refractivity contribution is 5.71. The smallest absolute Gasteiger partial charge is 0.306 e. The first-order chi connectivity index (χ1) is 39.5. The van der Waals surface area contributed by atoms with Crippen molar-refractivity contribution < 1.29 is 28.6 Å². The largest absolute Gasteiger partial charge is 0.462 e. The molecule has 0 N–H and O–H groups in total. The quantitative estimate of drug-likeness (QED) is 0.0261. The molecule has 1 unspecified atom stereocenters. The van der Waals surface area contributed by atoms with Crippen molar-refractivity contribution in [3.63, 3.8) is 0 Å². The fraction of sp³-hybridized carbons (Fsp3) is 0.878. The van der Waals surface area contributed by atoms with E-state index < -0.39 is 6.10 Å². The second-order valence-electron chi connectivity index (χ2n) is 24.5. The first-order valence-electron chi connectivity index (χ1n) is 36.0. The van der Waals surface area contributed by atoms with Gasteiger partial charge in [-0.2, -0.15) is 0 Å². The van der Waals surface area contributed by atoms with Crippen LogP contribution >= 0.6 is 0 Å². The molecule has 0 aliphatic rings. The number of esters is 3. The Kier molecular flexibility index (Phi) is 67.1. The van der Waals surface area contributed by atoms with Gasteiger partial charge in [0, 0.05) is 19.3 Å². The average Bonchev–Trinajstić information content (AvgIpc) is 3.46. The average molecular weight is 1120 g/mol. The summed E-state index contributed by atoms with van der Waals surface area (Å²) in [6.07, 6.45) is 86.2. The van der Waals surface area contributed by atoms with Crippen molar-refractivity contribution in [2.45, 2.75) is 406 Å². The van der Waals surface area contributed by atoms with Gasteiger partial charge < -0.3 is 14.2 Å². The molecule has 80 heavy (non-hydrogen) atoms. The number of hydrogen-bond acceptors (Lipinski definition) is 6. The molecule has 0 fully saturated rings. The maximum absolute atomic E-state index is 12.9. The summed E-state index contributed by atoms with van der Waals surface area (Å²) in [5.74, 6) is -0.853. The molecule has 0 aromatic heterocycles. The number of allylic oxidation sites excluding steroid dienone is 6. The van der Waals surface area contributed by atoms with Crippen LogP contribution in [0.1, 0.15) is 400 Å². The molecule has 470 valence electrons. The summed E-state index contributed by atoms with van der Waals surface area (Å²) in [5, 5.41) is 0. The van der Waals surface area contributed by atoms with E-state index >= 15 is 0 Å². The maximum atomic E-state index is 12.9. The van der Waals surface area contributed by atoms with E-state index in [-0.39, 0.29) is 31.1 Å². The first kappa shape index (κ1) is 77.6. The van der Waals surface area contributed by atoms with Crippen molar-refractivity contribution in [2.24, 2.45) is 0 Å². The molecule has 0 aromatic carbocycles. The van der Waals surface area contributed by atoms with Gasteiger partial charge in [-0.3, -0.25) is 14.4 Å². The van der Waals surface area contributed by atoms with Gasteiger partial charge >= 0.3 is 17.9 Å². The van der Waals surface area contributed by atoms with Crippen LogP contribution < -0.4 is 0 Å². The number of ether oxygens (including phenoxy) is 3. The predicted octanol–water partition coefficient (Wildman–Crippen LogP) is 24.7. The highest BCUT2D eigenvalue weighted by atomic mass is 16.6. The maximum Gasteiger partial charge on any atom is 0.306 e. The zero-order valence-corrected chi connectivity index (χ0v) is 54.1. The van der Waals surface area contributed by atoms with E-state index in [4.69, 9.17) is 14.2 Å². The highest BCUT2D eigenvalue weighted by Crippen LogP contribution is 2.19. The molecule has 0 rings (SSSR count). The van der Waals surface area contributed by atoms with E-state index in [2.05, 4.69) is 57.2 Å². The third kappa shape index (κ3) is 66.4. The molecule has 0 spiro atoms. The molecule has 0 aliphatic heterocycles. The van der Waals surface area contributed by atoms with Crippen LogP contribution in [0.25, 0.3) is 0 Å². The Bertz CT molecular complexity index is 1340. The first-order valence-corrected chi connectivity index (χ1v) is 36.0. The topological polar surface area (TPSA) is 78.9 Å². The standard InChI is InChI=1S/C74H138O6/c1-4-7-10-13-16-19-22-24-26-28-30-32-34-36-38-39-41-43-45-47-49-52-55-58-61-64-67-73(76)79-70-71(69-78-72(75)66-63-60-57-54-51-21-18-15-12-9-6-3)80-74(77)68-65-62-59-56-53-50-48-46-44-42-40-37-35-33-31-29-27-25-23-20-17-14-11-8-5-2/h15,18,23,25,29,31,71H,4-14,16-17,19-22,24,26-28,30,32-70H2,1-3H3/b18-15-,25-23-,31-29-.